The summed E-state index contributed by atoms with van der Waals surface area (Å²) in [6.07, 6.45) is -4.39. The lowest BCUT2D eigenvalue weighted by Crippen LogP contribution is -2.44. The Hall–Kier alpha value is -2.91. The summed E-state index contributed by atoms with van der Waals surface area (Å²) in [7, 11) is 0. The standard InChI is InChI=1S/C15H15F3N4O3/c16-15(17,18)9-20-12(23)8-19-14(25)11-6-7-13(24)22(21-11)10-4-2-1-3-5-10/h1-5H,6-9H2,(H,19,25)(H,20,23). The van der Waals surface area contributed by atoms with Crippen LogP contribution in [0.25, 0.3) is 0 Å². The predicted octanol–water partition coefficient (Wildman–Crippen LogP) is 0.964. The normalized spacial score (nSPS) is 14.8. The molecule has 1 heterocycles. The summed E-state index contributed by atoms with van der Waals surface area (Å²) in [5.41, 5.74) is 0.507. The summed E-state index contributed by atoms with van der Waals surface area (Å²) in [4.78, 5) is 35.2. The summed E-state index contributed by atoms with van der Waals surface area (Å²) >= 11 is 0. The average molecular weight is 356 g/mol. The first-order valence-electron chi connectivity index (χ1n) is 7.33. The molecule has 10 heteroatoms. The van der Waals surface area contributed by atoms with E-state index < -0.39 is 31.1 Å². The van der Waals surface area contributed by atoms with Crippen LogP contribution in [-0.2, 0) is 14.4 Å². The van der Waals surface area contributed by atoms with E-state index in [1.165, 1.54) is 0 Å². The minimum atomic E-state index is -4.52. The Balaban J connectivity index is 1.95. The van der Waals surface area contributed by atoms with Crippen molar-refractivity contribution >= 4 is 29.1 Å². The van der Waals surface area contributed by atoms with Gasteiger partial charge in [-0.15, -0.1) is 0 Å². The number of alkyl halides is 3. The maximum absolute atomic E-state index is 12.0. The summed E-state index contributed by atoms with van der Waals surface area (Å²) in [5, 5.41) is 8.89. The molecule has 0 atom stereocenters. The van der Waals surface area contributed by atoms with Crippen LogP contribution in [0.3, 0.4) is 0 Å². The molecule has 1 aromatic carbocycles. The summed E-state index contributed by atoms with van der Waals surface area (Å²) in [5.74, 6) is -1.97. The molecule has 1 aliphatic rings. The van der Waals surface area contributed by atoms with E-state index in [9.17, 15) is 27.6 Å². The molecule has 0 saturated carbocycles. The van der Waals surface area contributed by atoms with E-state index in [4.69, 9.17) is 0 Å². The molecule has 0 spiro atoms. The topological polar surface area (TPSA) is 90.9 Å². The molecule has 1 aliphatic heterocycles. The molecular weight excluding hydrogens is 341 g/mol. The molecule has 134 valence electrons. The SMILES string of the molecule is O=C(CNC(=O)C1=NN(c2ccccc2)C(=O)CC1)NCC(F)(F)F. The molecule has 3 amide bonds. The first-order valence-corrected chi connectivity index (χ1v) is 7.33. The number of nitrogens with one attached hydrogen (secondary N) is 2. The van der Waals surface area contributed by atoms with Crippen molar-refractivity contribution in [2.75, 3.05) is 18.1 Å². The third kappa shape index (κ3) is 5.59. The molecule has 0 aromatic heterocycles. The summed E-state index contributed by atoms with van der Waals surface area (Å²) in [6.45, 7) is -2.09. The van der Waals surface area contributed by atoms with E-state index in [-0.39, 0.29) is 24.5 Å². The van der Waals surface area contributed by atoms with E-state index in [1.54, 1.807) is 35.6 Å². The van der Waals surface area contributed by atoms with Crippen molar-refractivity contribution < 1.29 is 27.6 Å². The number of para-hydroxylation sites is 1. The molecule has 25 heavy (non-hydrogen) atoms. The average Bonchev–Trinajstić information content (AvgIpc) is 2.58. The van der Waals surface area contributed by atoms with Crippen LogP contribution in [-0.4, -0.2) is 42.7 Å². The minimum absolute atomic E-state index is 0.0204. The van der Waals surface area contributed by atoms with Crippen LogP contribution >= 0.6 is 0 Å². The highest BCUT2D eigenvalue weighted by atomic mass is 19.4. The second kappa shape index (κ2) is 7.77. The Morgan fingerprint density at radius 3 is 2.44 bits per heavy atom. The molecule has 0 aliphatic carbocycles. The van der Waals surface area contributed by atoms with Crippen LogP contribution in [0.1, 0.15) is 12.8 Å². The van der Waals surface area contributed by atoms with Crippen molar-refractivity contribution in [1.29, 1.82) is 0 Å². The van der Waals surface area contributed by atoms with Gasteiger partial charge in [0.25, 0.3) is 5.91 Å². The lowest BCUT2D eigenvalue weighted by Gasteiger charge is -2.23. The van der Waals surface area contributed by atoms with Crippen LogP contribution in [0.15, 0.2) is 35.4 Å². The van der Waals surface area contributed by atoms with Gasteiger partial charge in [-0.2, -0.15) is 18.3 Å². The van der Waals surface area contributed by atoms with E-state index in [2.05, 4.69) is 10.4 Å². The van der Waals surface area contributed by atoms with Crippen molar-refractivity contribution in [3.05, 3.63) is 30.3 Å². The second-order valence-electron chi connectivity index (χ2n) is 5.16. The number of hydrogen-bond donors (Lipinski definition) is 2. The number of halogens is 3. The van der Waals surface area contributed by atoms with Crippen molar-refractivity contribution in [2.45, 2.75) is 19.0 Å². The number of anilines is 1. The highest BCUT2D eigenvalue weighted by Gasteiger charge is 2.28. The summed E-state index contributed by atoms with van der Waals surface area (Å²) < 4.78 is 36.0. The monoisotopic (exact) mass is 356 g/mol. The van der Waals surface area contributed by atoms with Crippen LogP contribution in [0, 0.1) is 0 Å². The maximum Gasteiger partial charge on any atom is 0.405 e. The molecule has 0 saturated heterocycles. The lowest BCUT2D eigenvalue weighted by atomic mass is 10.1. The molecule has 7 nitrogen and oxygen atoms in total. The van der Waals surface area contributed by atoms with Gasteiger partial charge in [0.05, 0.1) is 12.2 Å². The third-order valence-corrected chi connectivity index (χ3v) is 3.19. The second-order valence-corrected chi connectivity index (χ2v) is 5.16. The van der Waals surface area contributed by atoms with E-state index >= 15 is 0 Å². The number of carbonyl (C=O) groups is 3. The van der Waals surface area contributed by atoms with Crippen LogP contribution in [0.4, 0.5) is 18.9 Å². The number of rotatable bonds is 5. The molecule has 2 rings (SSSR count). The molecule has 0 unspecified atom stereocenters. The highest BCUT2D eigenvalue weighted by Crippen LogP contribution is 2.19. The van der Waals surface area contributed by atoms with E-state index in [0.29, 0.717) is 5.69 Å². The molecule has 1 aromatic rings. The number of carbonyl (C=O) groups excluding carboxylic acids is 3. The first kappa shape index (κ1) is 18.4. The first-order chi connectivity index (χ1) is 11.8. The van der Waals surface area contributed by atoms with Gasteiger partial charge in [0.1, 0.15) is 12.3 Å². The molecular formula is C15H15F3N4O3. The van der Waals surface area contributed by atoms with Gasteiger partial charge in [-0.05, 0) is 12.1 Å². The predicted molar refractivity (Wildman–Crippen MR) is 82.7 cm³/mol. The van der Waals surface area contributed by atoms with Crippen molar-refractivity contribution in [2.24, 2.45) is 5.10 Å². The fourth-order valence-electron chi connectivity index (χ4n) is 2.01. The van der Waals surface area contributed by atoms with Crippen LogP contribution in [0.5, 0.6) is 0 Å². The van der Waals surface area contributed by atoms with Gasteiger partial charge in [-0.1, -0.05) is 18.2 Å². The zero-order valence-corrected chi connectivity index (χ0v) is 13.0. The minimum Gasteiger partial charge on any atom is -0.345 e. The molecule has 0 fully saturated rings. The van der Waals surface area contributed by atoms with Crippen molar-refractivity contribution in [3.63, 3.8) is 0 Å². The van der Waals surface area contributed by atoms with E-state index in [0.717, 1.165) is 5.01 Å². The van der Waals surface area contributed by atoms with Gasteiger partial charge >= 0.3 is 6.18 Å². The smallest absolute Gasteiger partial charge is 0.345 e. The fourth-order valence-corrected chi connectivity index (χ4v) is 2.01. The zero-order valence-electron chi connectivity index (χ0n) is 13.0. The Morgan fingerprint density at radius 2 is 1.80 bits per heavy atom. The number of hydrazone groups is 1. The highest BCUT2D eigenvalue weighted by molar-refractivity contribution is 6.40. The van der Waals surface area contributed by atoms with Crippen LogP contribution < -0.4 is 15.6 Å². The zero-order chi connectivity index (χ0) is 18.4. The maximum atomic E-state index is 12.0. The number of amides is 3. The molecule has 2 N–H and O–H groups in total. The van der Waals surface area contributed by atoms with Gasteiger partial charge in [-0.3, -0.25) is 14.4 Å². The van der Waals surface area contributed by atoms with E-state index in [1.807, 2.05) is 0 Å². The Bertz CT molecular complexity index is 689. The Labute approximate surface area is 140 Å². The van der Waals surface area contributed by atoms with Gasteiger partial charge in [0, 0.05) is 12.8 Å². The Kier molecular flexibility index (Phi) is 5.73. The van der Waals surface area contributed by atoms with Crippen molar-refractivity contribution in [3.8, 4) is 0 Å². The quantitative estimate of drug-likeness (QED) is 0.823. The molecule has 0 bridgehead atoms. The van der Waals surface area contributed by atoms with Gasteiger partial charge < -0.3 is 10.6 Å². The number of benzene rings is 1. The summed E-state index contributed by atoms with van der Waals surface area (Å²) in [6, 6.07) is 8.46. The van der Waals surface area contributed by atoms with Crippen molar-refractivity contribution in [1.82, 2.24) is 10.6 Å². The van der Waals surface area contributed by atoms with Crippen LogP contribution in [0.2, 0.25) is 0 Å². The third-order valence-electron chi connectivity index (χ3n) is 3.19. The van der Waals surface area contributed by atoms with Gasteiger partial charge in [-0.25, -0.2) is 5.01 Å². The van der Waals surface area contributed by atoms with Gasteiger partial charge in [0.2, 0.25) is 11.8 Å². The van der Waals surface area contributed by atoms with Gasteiger partial charge in [0.15, 0.2) is 0 Å². The fraction of sp³-hybridized carbons (Fsp3) is 0.333. The Morgan fingerprint density at radius 1 is 1.12 bits per heavy atom. The number of nitrogens with zero attached hydrogens (tertiary/aromatic N) is 2. The molecule has 0 radical (unpaired) electrons. The number of hydrogen-bond acceptors (Lipinski definition) is 4. The largest absolute Gasteiger partial charge is 0.405 e. The lowest BCUT2D eigenvalue weighted by molar-refractivity contribution is -0.138.